The van der Waals surface area contributed by atoms with Crippen molar-refractivity contribution >= 4 is 40.8 Å². The lowest BCUT2D eigenvalue weighted by Crippen LogP contribution is -2.42. The third-order valence-corrected chi connectivity index (χ3v) is 5.00. The molecule has 0 saturated heterocycles. The summed E-state index contributed by atoms with van der Waals surface area (Å²) in [5.74, 6) is -0.519. The molecule has 1 aliphatic heterocycles. The Labute approximate surface area is 172 Å². The summed E-state index contributed by atoms with van der Waals surface area (Å²) in [7, 11) is 1.49. The van der Waals surface area contributed by atoms with Gasteiger partial charge in [0, 0.05) is 11.1 Å². The van der Waals surface area contributed by atoms with Crippen LogP contribution in [0.1, 0.15) is 21.5 Å². The van der Waals surface area contributed by atoms with Gasteiger partial charge in [-0.05, 0) is 47.5 Å². The summed E-state index contributed by atoms with van der Waals surface area (Å²) in [6.45, 7) is 0. The molecular weight excluding hydrogens is 390 g/mol. The zero-order chi connectivity index (χ0) is 20.5. The number of hydrogen-bond acceptors (Lipinski definition) is 4. The van der Waals surface area contributed by atoms with Gasteiger partial charge < -0.3 is 9.84 Å². The molecule has 0 bridgehead atoms. The molecular formula is C23H16ClNO4. The second kappa shape index (κ2) is 7.45. The number of fused-ring (bicyclic) bond motifs is 1. The molecule has 0 aromatic heterocycles. The quantitative estimate of drug-likeness (QED) is 0.503. The first-order valence-corrected chi connectivity index (χ1v) is 9.20. The molecule has 0 fully saturated rings. The minimum Gasteiger partial charge on any atom is -0.506 e. The fraction of sp³-hybridized carbons (Fsp3) is 0.0435. The van der Waals surface area contributed by atoms with Gasteiger partial charge in [-0.15, -0.1) is 0 Å². The van der Waals surface area contributed by atoms with E-state index in [1.807, 2.05) is 0 Å². The minimum atomic E-state index is -0.470. The zero-order valence-corrected chi connectivity index (χ0v) is 16.2. The van der Waals surface area contributed by atoms with Crippen molar-refractivity contribution in [1.82, 2.24) is 0 Å². The molecule has 0 radical (unpaired) electrons. The summed E-state index contributed by atoms with van der Waals surface area (Å²) >= 11 is 6.01. The molecule has 0 saturated carbocycles. The predicted molar refractivity (Wildman–Crippen MR) is 112 cm³/mol. The topological polar surface area (TPSA) is 66.8 Å². The number of nitrogens with zero attached hydrogens (tertiary/aromatic N) is 1. The van der Waals surface area contributed by atoms with Gasteiger partial charge >= 0.3 is 0 Å². The lowest BCUT2D eigenvalue weighted by Gasteiger charge is -2.29. The Balaban J connectivity index is 1.92. The van der Waals surface area contributed by atoms with Gasteiger partial charge in [0.15, 0.2) is 0 Å². The van der Waals surface area contributed by atoms with Crippen LogP contribution >= 0.6 is 11.6 Å². The Hall–Kier alpha value is -3.57. The maximum atomic E-state index is 13.4. The van der Waals surface area contributed by atoms with Crippen LogP contribution < -0.4 is 9.64 Å². The first kappa shape index (κ1) is 18.8. The van der Waals surface area contributed by atoms with E-state index >= 15 is 0 Å². The Morgan fingerprint density at radius 3 is 2.34 bits per heavy atom. The van der Waals surface area contributed by atoms with Crippen LogP contribution in [-0.4, -0.2) is 24.0 Å². The Kier molecular flexibility index (Phi) is 4.82. The molecule has 144 valence electrons. The number of aromatic hydroxyl groups is 1. The summed E-state index contributed by atoms with van der Waals surface area (Å²) in [5, 5.41) is 9.83. The first-order valence-electron chi connectivity index (χ1n) is 8.82. The monoisotopic (exact) mass is 405 g/mol. The van der Waals surface area contributed by atoms with Crippen LogP contribution in [0, 0.1) is 0 Å². The largest absolute Gasteiger partial charge is 0.506 e. The SMILES string of the molecule is COc1ccccc1N1C(=O)/C(=C/c2ccc(O)c(Cl)c2)c2ccccc2C1=O. The van der Waals surface area contributed by atoms with Gasteiger partial charge in [0.1, 0.15) is 11.5 Å². The van der Waals surface area contributed by atoms with E-state index in [1.165, 1.54) is 13.2 Å². The number of hydrogen-bond donors (Lipinski definition) is 1. The molecule has 5 nitrogen and oxygen atoms in total. The van der Waals surface area contributed by atoms with E-state index in [0.717, 1.165) is 4.90 Å². The standard InChI is InChI=1S/C23H16ClNO4/c1-29-21-9-5-4-8-19(21)25-22(27)16-7-3-2-6-15(16)17(23(25)28)12-14-10-11-20(26)18(24)13-14/h2-13,26H,1H3/b17-12+. The van der Waals surface area contributed by atoms with Crippen LogP contribution in [0.2, 0.25) is 5.02 Å². The number of phenolic OH excluding ortho intramolecular Hbond substituents is 1. The van der Waals surface area contributed by atoms with E-state index in [-0.39, 0.29) is 10.8 Å². The molecule has 0 spiro atoms. The van der Waals surface area contributed by atoms with E-state index in [1.54, 1.807) is 66.7 Å². The maximum Gasteiger partial charge on any atom is 0.266 e. The summed E-state index contributed by atoms with van der Waals surface area (Å²) in [4.78, 5) is 27.7. The van der Waals surface area contributed by atoms with Crippen LogP contribution in [0.15, 0.2) is 66.7 Å². The molecule has 0 unspecified atom stereocenters. The molecule has 6 heteroatoms. The molecule has 1 heterocycles. The van der Waals surface area contributed by atoms with Gasteiger partial charge in [0.2, 0.25) is 0 Å². The number of phenols is 1. The van der Waals surface area contributed by atoms with E-state index in [9.17, 15) is 14.7 Å². The van der Waals surface area contributed by atoms with Crippen molar-refractivity contribution in [2.45, 2.75) is 0 Å². The van der Waals surface area contributed by atoms with Crippen molar-refractivity contribution < 1.29 is 19.4 Å². The highest BCUT2D eigenvalue weighted by atomic mass is 35.5. The van der Waals surface area contributed by atoms with Gasteiger partial charge in [-0.25, -0.2) is 4.90 Å². The van der Waals surface area contributed by atoms with Gasteiger partial charge in [-0.1, -0.05) is 48.0 Å². The number of amides is 2. The molecule has 3 aromatic rings. The third kappa shape index (κ3) is 3.26. The van der Waals surface area contributed by atoms with Gasteiger partial charge in [-0.3, -0.25) is 9.59 Å². The highest BCUT2D eigenvalue weighted by molar-refractivity contribution is 6.43. The van der Waals surface area contributed by atoms with E-state index < -0.39 is 11.8 Å². The van der Waals surface area contributed by atoms with E-state index in [4.69, 9.17) is 16.3 Å². The van der Waals surface area contributed by atoms with Crippen molar-refractivity contribution in [3.63, 3.8) is 0 Å². The molecule has 1 aliphatic rings. The average molecular weight is 406 g/mol. The summed E-state index contributed by atoms with van der Waals surface area (Å²) in [5.41, 5.74) is 2.29. The normalized spacial score (nSPS) is 14.8. The zero-order valence-electron chi connectivity index (χ0n) is 15.4. The molecule has 1 N–H and O–H groups in total. The molecule has 0 aliphatic carbocycles. The van der Waals surface area contributed by atoms with Crippen LogP contribution in [-0.2, 0) is 4.79 Å². The molecule has 3 aromatic carbocycles. The molecule has 4 rings (SSSR count). The third-order valence-electron chi connectivity index (χ3n) is 4.69. The smallest absolute Gasteiger partial charge is 0.266 e. The van der Waals surface area contributed by atoms with Crippen molar-refractivity contribution in [1.29, 1.82) is 0 Å². The van der Waals surface area contributed by atoms with Crippen LogP contribution in [0.5, 0.6) is 11.5 Å². The number of methoxy groups -OCH3 is 1. The fourth-order valence-corrected chi connectivity index (χ4v) is 3.49. The minimum absolute atomic E-state index is 0.0463. The van der Waals surface area contributed by atoms with E-state index in [0.29, 0.717) is 33.7 Å². The Morgan fingerprint density at radius 1 is 0.931 bits per heavy atom. The van der Waals surface area contributed by atoms with Crippen LogP contribution in [0.3, 0.4) is 0 Å². The fourth-order valence-electron chi connectivity index (χ4n) is 3.31. The molecule has 0 atom stereocenters. The summed E-state index contributed by atoms with van der Waals surface area (Å²) < 4.78 is 5.35. The lowest BCUT2D eigenvalue weighted by molar-refractivity contribution is -0.112. The van der Waals surface area contributed by atoms with Gasteiger partial charge in [-0.2, -0.15) is 0 Å². The Bertz CT molecular complexity index is 1170. The lowest BCUT2D eigenvalue weighted by atomic mass is 9.91. The average Bonchev–Trinajstić information content (AvgIpc) is 2.74. The van der Waals surface area contributed by atoms with Crippen LogP contribution in [0.4, 0.5) is 5.69 Å². The van der Waals surface area contributed by atoms with Crippen molar-refractivity contribution in [3.8, 4) is 11.5 Å². The molecule has 2 amide bonds. The van der Waals surface area contributed by atoms with Crippen molar-refractivity contribution in [3.05, 3.63) is 88.4 Å². The van der Waals surface area contributed by atoms with Crippen molar-refractivity contribution in [2.75, 3.05) is 12.0 Å². The number of benzene rings is 3. The number of carbonyl (C=O) groups is 2. The predicted octanol–water partition coefficient (Wildman–Crippen LogP) is 4.78. The van der Waals surface area contributed by atoms with Crippen molar-refractivity contribution in [2.24, 2.45) is 0 Å². The number of carbonyl (C=O) groups excluding carboxylic acids is 2. The van der Waals surface area contributed by atoms with Crippen LogP contribution in [0.25, 0.3) is 11.6 Å². The molecule has 29 heavy (non-hydrogen) atoms. The first-order chi connectivity index (χ1) is 14.0. The Morgan fingerprint density at radius 2 is 1.62 bits per heavy atom. The number of para-hydroxylation sites is 2. The number of anilines is 1. The maximum absolute atomic E-state index is 13.4. The van der Waals surface area contributed by atoms with E-state index in [2.05, 4.69) is 0 Å². The number of imide groups is 1. The summed E-state index contributed by atoms with van der Waals surface area (Å²) in [6.07, 6.45) is 1.65. The number of halogens is 1. The second-order valence-corrected chi connectivity index (χ2v) is 6.84. The summed E-state index contributed by atoms with van der Waals surface area (Å²) in [6, 6.07) is 18.5. The second-order valence-electron chi connectivity index (χ2n) is 6.43. The highest BCUT2D eigenvalue weighted by Gasteiger charge is 2.37. The van der Waals surface area contributed by atoms with Gasteiger partial charge in [0.05, 0.1) is 17.8 Å². The highest BCUT2D eigenvalue weighted by Crippen LogP contribution is 2.37. The van der Waals surface area contributed by atoms with Gasteiger partial charge in [0.25, 0.3) is 11.8 Å². The number of ether oxygens (including phenoxy) is 1. The number of rotatable bonds is 3.